The summed E-state index contributed by atoms with van der Waals surface area (Å²) in [6.07, 6.45) is 0. The molecule has 0 fully saturated rings. The minimum Gasteiger partial charge on any atom is -0.507 e. The minimum absolute atomic E-state index is 0.00956. The number of fused-ring (bicyclic) bond motifs is 1. The Hall–Kier alpha value is -4.17. The molecular formula is C21H17N5O7S. The maximum Gasteiger partial charge on any atom is 0.351 e. The van der Waals surface area contributed by atoms with E-state index in [1.165, 1.54) is 12.1 Å². The van der Waals surface area contributed by atoms with Gasteiger partial charge in [0, 0.05) is 15.8 Å². The lowest BCUT2D eigenvalue weighted by atomic mass is 10.0. The van der Waals surface area contributed by atoms with E-state index in [1.807, 2.05) is 0 Å². The van der Waals surface area contributed by atoms with Gasteiger partial charge in [0.05, 0.1) is 29.0 Å². The molecule has 0 radical (unpaired) electrons. The van der Waals surface area contributed by atoms with Crippen LogP contribution in [0.15, 0.2) is 58.2 Å². The number of aromatic nitrogens is 3. The summed E-state index contributed by atoms with van der Waals surface area (Å²) in [4.78, 5) is 34.5. The van der Waals surface area contributed by atoms with E-state index in [-0.39, 0.29) is 28.9 Å². The molecule has 4 aromatic rings. The molecule has 0 bridgehead atoms. The van der Waals surface area contributed by atoms with Gasteiger partial charge in [-0.25, -0.2) is 14.8 Å². The van der Waals surface area contributed by atoms with Crippen LogP contribution >= 0.6 is 12.0 Å². The van der Waals surface area contributed by atoms with Crippen molar-refractivity contribution in [3.05, 3.63) is 70.1 Å². The molecule has 1 aromatic heterocycles. The van der Waals surface area contributed by atoms with Crippen molar-refractivity contribution in [1.82, 2.24) is 15.0 Å². The summed E-state index contributed by atoms with van der Waals surface area (Å²) < 4.78 is 4.47. The van der Waals surface area contributed by atoms with Gasteiger partial charge in [0.2, 0.25) is 11.9 Å². The molecule has 0 atom stereocenters. The van der Waals surface area contributed by atoms with Crippen molar-refractivity contribution < 1.29 is 29.6 Å². The van der Waals surface area contributed by atoms with Crippen LogP contribution in [0.3, 0.4) is 0 Å². The first-order chi connectivity index (χ1) is 16.4. The number of anilines is 4. The zero-order chi connectivity index (χ0) is 24.2. The number of carbonyl (C=O) groups is 1. The van der Waals surface area contributed by atoms with Gasteiger partial charge in [0.25, 0.3) is 0 Å². The summed E-state index contributed by atoms with van der Waals surface area (Å²) in [5.74, 6) is -1.33. The van der Waals surface area contributed by atoms with Crippen molar-refractivity contribution in [1.29, 1.82) is 0 Å². The van der Waals surface area contributed by atoms with Gasteiger partial charge in [-0.15, -0.1) is 4.33 Å². The highest BCUT2D eigenvalue weighted by molar-refractivity contribution is 7.94. The van der Waals surface area contributed by atoms with Gasteiger partial charge in [-0.3, -0.25) is 4.98 Å². The average Bonchev–Trinajstić information content (AvgIpc) is 2.80. The maximum absolute atomic E-state index is 12.1. The number of aromatic carboxylic acids is 1. The van der Waals surface area contributed by atoms with E-state index >= 15 is 0 Å². The zero-order valence-electron chi connectivity index (χ0n) is 17.4. The molecule has 0 amide bonds. The predicted molar refractivity (Wildman–Crippen MR) is 124 cm³/mol. The fraction of sp³-hybridized carbons (Fsp3) is 0.0476. The summed E-state index contributed by atoms with van der Waals surface area (Å²) >= 11 is 0.723. The summed E-state index contributed by atoms with van der Waals surface area (Å²) in [6.45, 7) is 1.66. The molecule has 4 rings (SSSR count). The second kappa shape index (κ2) is 9.76. The van der Waals surface area contributed by atoms with Crippen LogP contribution in [0.2, 0.25) is 0 Å². The summed E-state index contributed by atoms with van der Waals surface area (Å²) in [5, 5.41) is 38.9. The molecular weight excluding hydrogens is 466 g/mol. The normalized spacial score (nSPS) is 10.9. The molecule has 0 unspecified atom stereocenters. The average molecular weight is 483 g/mol. The molecule has 0 aliphatic heterocycles. The van der Waals surface area contributed by atoms with Crippen LogP contribution < -0.4 is 16.3 Å². The molecule has 0 saturated carbocycles. The molecule has 0 aliphatic carbocycles. The van der Waals surface area contributed by atoms with Crippen molar-refractivity contribution >= 4 is 52.1 Å². The number of benzene rings is 3. The fourth-order valence-electron chi connectivity index (χ4n) is 3.28. The van der Waals surface area contributed by atoms with Crippen LogP contribution in [-0.4, -0.2) is 36.4 Å². The number of aromatic hydroxyl groups is 1. The maximum atomic E-state index is 12.1. The Kier molecular flexibility index (Phi) is 6.60. The first-order valence-electron chi connectivity index (χ1n) is 9.62. The summed E-state index contributed by atoms with van der Waals surface area (Å²) in [6, 6.07) is 13.0. The van der Waals surface area contributed by atoms with E-state index < -0.39 is 11.7 Å². The molecule has 0 saturated heterocycles. The summed E-state index contributed by atoms with van der Waals surface area (Å²) in [5.41, 5.74) is 0.366. The number of phenols is 1. The smallest absolute Gasteiger partial charge is 0.351 e. The Bertz CT molecular complexity index is 1440. The third kappa shape index (κ3) is 4.77. The first kappa shape index (κ1) is 23.0. The van der Waals surface area contributed by atoms with Crippen molar-refractivity contribution in [2.75, 3.05) is 10.6 Å². The Balaban J connectivity index is 1.70. The van der Waals surface area contributed by atoms with Gasteiger partial charge in [0.15, 0.2) is 0 Å². The highest BCUT2D eigenvalue weighted by Crippen LogP contribution is 2.40. The number of nitrogens with one attached hydrogen (secondary N) is 3. The standard InChI is InChI=1S/C21H17N5O7S/c1-10-15(34-33-32-31)9-11-5-4-8-14(16(11)17(10)27)23-20-24-19(25-21(30)26-20)22-13-7-3-2-6-12(13)18(28)29/h2-9,27,31H,1H3,(H,28,29)(H3,22,23,24,25,26,30). The monoisotopic (exact) mass is 483 g/mol. The van der Waals surface area contributed by atoms with E-state index in [4.69, 9.17) is 5.26 Å². The van der Waals surface area contributed by atoms with Gasteiger partial charge in [-0.05, 0) is 36.6 Å². The third-order valence-electron chi connectivity index (χ3n) is 4.81. The number of nitrogens with zero attached hydrogens (tertiary/aromatic N) is 2. The van der Waals surface area contributed by atoms with Crippen LogP contribution in [-0.2, 0) is 9.37 Å². The number of phenolic OH excluding ortho intramolecular Hbond substituents is 1. The molecule has 12 nitrogen and oxygen atoms in total. The zero-order valence-corrected chi connectivity index (χ0v) is 18.2. The molecule has 3 aromatic carbocycles. The van der Waals surface area contributed by atoms with Crippen LogP contribution in [0.1, 0.15) is 15.9 Å². The lowest BCUT2D eigenvalue weighted by Crippen LogP contribution is -2.17. The number of aromatic amines is 1. The largest absolute Gasteiger partial charge is 0.507 e. The van der Waals surface area contributed by atoms with E-state index in [1.54, 1.807) is 43.3 Å². The summed E-state index contributed by atoms with van der Waals surface area (Å²) in [7, 11) is 0. The molecule has 0 spiro atoms. The van der Waals surface area contributed by atoms with Gasteiger partial charge in [-0.2, -0.15) is 9.97 Å². The molecule has 34 heavy (non-hydrogen) atoms. The van der Waals surface area contributed by atoms with E-state index in [0.717, 1.165) is 12.0 Å². The molecule has 13 heteroatoms. The Labute approximate surface area is 195 Å². The number of rotatable bonds is 8. The second-order valence-corrected chi connectivity index (χ2v) is 7.65. The Morgan fingerprint density at radius 1 is 1.09 bits per heavy atom. The molecule has 6 N–H and O–H groups in total. The highest BCUT2D eigenvalue weighted by atomic mass is 32.2. The Morgan fingerprint density at radius 3 is 2.62 bits per heavy atom. The second-order valence-electron chi connectivity index (χ2n) is 6.90. The topological polar surface area (TPSA) is 179 Å². The SMILES string of the molecule is Cc1c(SOOO)cc2cccc(Nc3nc(Nc4ccccc4C(=O)O)nc(=O)[nH]3)c2c1O. The minimum atomic E-state index is -1.15. The van der Waals surface area contributed by atoms with Crippen LogP contribution in [0.5, 0.6) is 5.75 Å². The lowest BCUT2D eigenvalue weighted by Gasteiger charge is -2.14. The van der Waals surface area contributed by atoms with Crippen LogP contribution in [0.4, 0.5) is 23.3 Å². The number of carboxylic acids is 1. The number of carboxylic acid groups (broad SMARTS) is 1. The van der Waals surface area contributed by atoms with Crippen molar-refractivity contribution in [3.63, 3.8) is 0 Å². The Morgan fingerprint density at radius 2 is 1.85 bits per heavy atom. The van der Waals surface area contributed by atoms with Crippen LogP contribution in [0.25, 0.3) is 10.8 Å². The number of hydrogen-bond acceptors (Lipinski definition) is 11. The van der Waals surface area contributed by atoms with E-state index in [2.05, 4.69) is 35.0 Å². The van der Waals surface area contributed by atoms with Crippen LogP contribution in [0, 0.1) is 6.92 Å². The number of hydrogen-bond donors (Lipinski definition) is 6. The van der Waals surface area contributed by atoms with E-state index in [0.29, 0.717) is 26.9 Å². The molecule has 1 heterocycles. The molecule has 174 valence electrons. The first-order valence-corrected chi connectivity index (χ1v) is 10.4. The van der Waals surface area contributed by atoms with Crippen molar-refractivity contribution in [3.8, 4) is 5.75 Å². The van der Waals surface area contributed by atoms with Gasteiger partial charge >= 0.3 is 11.7 Å². The fourth-order valence-corrected chi connectivity index (χ4v) is 3.78. The molecule has 0 aliphatic rings. The number of para-hydroxylation sites is 1. The predicted octanol–water partition coefficient (Wildman–Crippen LogP) is 3.95. The van der Waals surface area contributed by atoms with E-state index in [9.17, 15) is 19.8 Å². The van der Waals surface area contributed by atoms with Gasteiger partial charge in [0.1, 0.15) is 5.75 Å². The van der Waals surface area contributed by atoms with Crippen molar-refractivity contribution in [2.24, 2.45) is 0 Å². The third-order valence-corrected chi connectivity index (χ3v) is 5.54. The number of H-pyrrole nitrogens is 1. The van der Waals surface area contributed by atoms with Gasteiger partial charge < -0.3 is 20.8 Å². The highest BCUT2D eigenvalue weighted by Gasteiger charge is 2.16. The van der Waals surface area contributed by atoms with Crippen molar-refractivity contribution in [2.45, 2.75) is 11.8 Å². The van der Waals surface area contributed by atoms with Gasteiger partial charge in [-0.1, -0.05) is 29.3 Å². The lowest BCUT2D eigenvalue weighted by molar-refractivity contribution is -0.432. The quantitative estimate of drug-likeness (QED) is 0.121.